The van der Waals surface area contributed by atoms with Gasteiger partial charge in [-0.25, -0.2) is 0 Å². The normalized spacial score (nSPS) is 11.7. The number of hydrogen-bond donors (Lipinski definition) is 2. The molecular weight excluding hydrogens is 284 g/mol. The summed E-state index contributed by atoms with van der Waals surface area (Å²) in [4.78, 5) is 15.1. The van der Waals surface area contributed by atoms with Gasteiger partial charge in [0.2, 0.25) is 0 Å². The zero-order chi connectivity index (χ0) is 15.2. The molecule has 4 nitrogen and oxygen atoms in total. The van der Waals surface area contributed by atoms with Crippen molar-refractivity contribution in [3.05, 3.63) is 58.4 Å². The van der Waals surface area contributed by atoms with Gasteiger partial charge in [0.1, 0.15) is 10.4 Å². The zero-order valence-corrected chi connectivity index (χ0v) is 12.9. The SMILES string of the molecule is Cc1ccc(CNC(=O)[C@H](C)Oc2ccccc2)c(=S)[nH]1. The second kappa shape index (κ2) is 7.04. The number of aromatic amines is 1. The minimum absolute atomic E-state index is 0.172. The Balaban J connectivity index is 1.91. The van der Waals surface area contributed by atoms with Crippen LogP contribution in [0.3, 0.4) is 0 Å². The molecule has 0 unspecified atom stereocenters. The van der Waals surface area contributed by atoms with Crippen molar-refractivity contribution in [2.24, 2.45) is 0 Å². The third-order valence-electron chi connectivity index (χ3n) is 3.02. The summed E-state index contributed by atoms with van der Waals surface area (Å²) in [5.74, 6) is 0.501. The molecule has 1 atom stereocenters. The van der Waals surface area contributed by atoms with E-state index in [1.54, 1.807) is 6.92 Å². The minimum atomic E-state index is -0.560. The van der Waals surface area contributed by atoms with Crippen molar-refractivity contribution in [2.75, 3.05) is 0 Å². The van der Waals surface area contributed by atoms with E-state index in [0.717, 1.165) is 11.3 Å². The van der Waals surface area contributed by atoms with Gasteiger partial charge in [-0.15, -0.1) is 0 Å². The number of ether oxygens (including phenoxy) is 1. The maximum absolute atomic E-state index is 12.0. The van der Waals surface area contributed by atoms with E-state index < -0.39 is 6.10 Å². The van der Waals surface area contributed by atoms with E-state index in [9.17, 15) is 4.79 Å². The van der Waals surface area contributed by atoms with Crippen molar-refractivity contribution in [2.45, 2.75) is 26.5 Å². The molecule has 5 heteroatoms. The number of rotatable bonds is 5. The van der Waals surface area contributed by atoms with Crippen LogP contribution in [0, 0.1) is 11.6 Å². The number of aryl methyl sites for hydroxylation is 1. The van der Waals surface area contributed by atoms with Crippen molar-refractivity contribution in [1.82, 2.24) is 10.3 Å². The number of hydrogen-bond acceptors (Lipinski definition) is 3. The van der Waals surface area contributed by atoms with E-state index in [1.807, 2.05) is 49.4 Å². The van der Waals surface area contributed by atoms with Gasteiger partial charge in [-0.3, -0.25) is 4.79 Å². The number of aromatic nitrogens is 1. The maximum Gasteiger partial charge on any atom is 0.261 e. The first kappa shape index (κ1) is 15.3. The maximum atomic E-state index is 12.0. The van der Waals surface area contributed by atoms with Crippen molar-refractivity contribution >= 4 is 18.1 Å². The summed E-state index contributed by atoms with van der Waals surface area (Å²) in [5, 5.41) is 2.83. The summed E-state index contributed by atoms with van der Waals surface area (Å²) >= 11 is 5.22. The first-order chi connectivity index (χ1) is 10.1. The van der Waals surface area contributed by atoms with Crippen LogP contribution in [0.5, 0.6) is 5.75 Å². The molecule has 21 heavy (non-hydrogen) atoms. The Labute approximate surface area is 129 Å². The Morgan fingerprint density at radius 1 is 1.29 bits per heavy atom. The third-order valence-corrected chi connectivity index (χ3v) is 3.38. The average Bonchev–Trinajstić information content (AvgIpc) is 2.47. The van der Waals surface area contributed by atoms with E-state index in [1.165, 1.54) is 0 Å². The van der Waals surface area contributed by atoms with E-state index in [2.05, 4.69) is 10.3 Å². The van der Waals surface area contributed by atoms with Gasteiger partial charge in [0, 0.05) is 17.8 Å². The highest BCUT2D eigenvalue weighted by atomic mass is 32.1. The second-order valence-corrected chi connectivity index (χ2v) is 5.19. The molecule has 1 heterocycles. The van der Waals surface area contributed by atoms with E-state index in [-0.39, 0.29) is 5.91 Å². The summed E-state index contributed by atoms with van der Waals surface area (Å²) in [7, 11) is 0. The Hall–Kier alpha value is -2.14. The van der Waals surface area contributed by atoms with Gasteiger partial charge >= 0.3 is 0 Å². The summed E-state index contributed by atoms with van der Waals surface area (Å²) in [6.07, 6.45) is -0.560. The van der Waals surface area contributed by atoms with E-state index in [0.29, 0.717) is 16.9 Å². The molecule has 0 saturated carbocycles. The van der Waals surface area contributed by atoms with Crippen molar-refractivity contribution in [3.8, 4) is 5.75 Å². The van der Waals surface area contributed by atoms with E-state index in [4.69, 9.17) is 17.0 Å². The lowest BCUT2D eigenvalue weighted by Gasteiger charge is -2.14. The van der Waals surface area contributed by atoms with E-state index >= 15 is 0 Å². The Kier molecular flexibility index (Phi) is 5.11. The highest BCUT2D eigenvalue weighted by molar-refractivity contribution is 7.71. The molecule has 0 fully saturated rings. The first-order valence-corrected chi connectivity index (χ1v) is 7.15. The van der Waals surface area contributed by atoms with Gasteiger partial charge in [0.25, 0.3) is 5.91 Å². The lowest BCUT2D eigenvalue weighted by atomic mass is 10.2. The molecule has 2 aromatic rings. The predicted octanol–water partition coefficient (Wildman–Crippen LogP) is 3.14. The summed E-state index contributed by atoms with van der Waals surface area (Å²) in [6, 6.07) is 13.1. The average molecular weight is 302 g/mol. The van der Waals surface area contributed by atoms with Crippen LogP contribution >= 0.6 is 12.2 Å². The number of carbonyl (C=O) groups is 1. The molecule has 1 aromatic carbocycles. The first-order valence-electron chi connectivity index (χ1n) is 6.74. The van der Waals surface area contributed by atoms with Crippen LogP contribution in [0.25, 0.3) is 0 Å². The number of nitrogens with one attached hydrogen (secondary N) is 2. The minimum Gasteiger partial charge on any atom is -0.481 e. The number of benzene rings is 1. The summed E-state index contributed by atoms with van der Waals surface area (Å²) < 4.78 is 6.21. The molecule has 1 aromatic heterocycles. The molecule has 2 rings (SSSR count). The predicted molar refractivity (Wildman–Crippen MR) is 84.7 cm³/mol. The number of amides is 1. The molecule has 0 saturated heterocycles. The molecule has 0 aliphatic heterocycles. The molecule has 0 bridgehead atoms. The molecule has 0 radical (unpaired) electrons. The van der Waals surface area contributed by atoms with Gasteiger partial charge in [-0.1, -0.05) is 36.5 Å². The number of pyridine rings is 1. The standard InChI is InChI=1S/C16H18N2O2S/c1-11-8-9-13(16(21)18-11)10-17-15(19)12(2)20-14-6-4-3-5-7-14/h3-9,12H,10H2,1-2H3,(H,17,19)(H,18,21)/t12-/m0/s1. The Morgan fingerprint density at radius 2 is 2.00 bits per heavy atom. The molecule has 0 spiro atoms. The molecule has 0 aliphatic carbocycles. The fourth-order valence-electron chi connectivity index (χ4n) is 1.82. The molecule has 2 N–H and O–H groups in total. The van der Waals surface area contributed by atoms with Gasteiger partial charge in [-0.2, -0.15) is 0 Å². The monoisotopic (exact) mass is 302 g/mol. The quantitative estimate of drug-likeness (QED) is 0.834. The number of para-hydroxylation sites is 1. The van der Waals surface area contributed by atoms with Gasteiger partial charge in [-0.05, 0) is 32.0 Å². The van der Waals surface area contributed by atoms with Crippen LogP contribution in [-0.2, 0) is 11.3 Å². The highest BCUT2D eigenvalue weighted by Gasteiger charge is 2.14. The summed E-state index contributed by atoms with van der Waals surface area (Å²) in [6.45, 7) is 4.04. The lowest BCUT2D eigenvalue weighted by molar-refractivity contribution is -0.127. The Bertz CT molecular complexity index is 667. The Morgan fingerprint density at radius 3 is 2.67 bits per heavy atom. The van der Waals surface area contributed by atoms with Crippen LogP contribution in [0.1, 0.15) is 18.2 Å². The van der Waals surface area contributed by atoms with Gasteiger partial charge < -0.3 is 15.0 Å². The molecule has 110 valence electrons. The van der Waals surface area contributed by atoms with Crippen molar-refractivity contribution in [1.29, 1.82) is 0 Å². The fourth-order valence-corrected chi connectivity index (χ4v) is 2.13. The largest absolute Gasteiger partial charge is 0.481 e. The zero-order valence-electron chi connectivity index (χ0n) is 12.1. The van der Waals surface area contributed by atoms with Gasteiger partial charge in [0.05, 0.1) is 0 Å². The smallest absolute Gasteiger partial charge is 0.261 e. The van der Waals surface area contributed by atoms with Crippen LogP contribution < -0.4 is 10.1 Å². The second-order valence-electron chi connectivity index (χ2n) is 4.79. The van der Waals surface area contributed by atoms with Crippen molar-refractivity contribution in [3.63, 3.8) is 0 Å². The topological polar surface area (TPSA) is 54.1 Å². The molecule has 0 aliphatic rings. The fraction of sp³-hybridized carbons (Fsp3) is 0.250. The highest BCUT2D eigenvalue weighted by Crippen LogP contribution is 2.11. The molecule has 1 amide bonds. The van der Waals surface area contributed by atoms with Crippen molar-refractivity contribution < 1.29 is 9.53 Å². The summed E-state index contributed by atoms with van der Waals surface area (Å²) in [5.41, 5.74) is 1.88. The van der Waals surface area contributed by atoms with Crippen LogP contribution in [-0.4, -0.2) is 17.0 Å². The molecular formula is C16H18N2O2S. The van der Waals surface area contributed by atoms with Crippen LogP contribution in [0.2, 0.25) is 0 Å². The third kappa shape index (κ3) is 4.43. The number of carbonyl (C=O) groups excluding carboxylic acids is 1. The van der Waals surface area contributed by atoms with Crippen LogP contribution in [0.15, 0.2) is 42.5 Å². The van der Waals surface area contributed by atoms with Gasteiger partial charge in [0.15, 0.2) is 6.10 Å². The lowest BCUT2D eigenvalue weighted by Crippen LogP contribution is -2.36. The number of H-pyrrole nitrogens is 1. The van der Waals surface area contributed by atoms with Crippen LogP contribution in [0.4, 0.5) is 0 Å².